The second-order valence-corrected chi connectivity index (χ2v) is 2.93. The van der Waals surface area contributed by atoms with E-state index in [2.05, 4.69) is 0 Å². The summed E-state index contributed by atoms with van der Waals surface area (Å²) in [5, 5.41) is 9.38. The lowest BCUT2D eigenvalue weighted by Gasteiger charge is -2.18. The van der Waals surface area contributed by atoms with E-state index in [4.69, 9.17) is 14.2 Å². The summed E-state index contributed by atoms with van der Waals surface area (Å²) in [6.07, 6.45) is -0.809. The SMILES string of the molecule is O[C@H]1[C@@H]2O[C@@H]2[C@H]2OC[C@H]1O2. The van der Waals surface area contributed by atoms with Crippen LogP contribution in [0.25, 0.3) is 0 Å². The van der Waals surface area contributed by atoms with Crippen LogP contribution in [0.1, 0.15) is 0 Å². The third kappa shape index (κ3) is 0.509. The molecule has 4 heteroatoms. The van der Waals surface area contributed by atoms with E-state index >= 15 is 0 Å². The third-order valence-corrected chi connectivity index (χ3v) is 2.28. The number of aliphatic hydroxyl groups is 1. The van der Waals surface area contributed by atoms with Gasteiger partial charge in [-0.05, 0) is 0 Å². The first-order valence-electron chi connectivity index (χ1n) is 3.47. The van der Waals surface area contributed by atoms with Gasteiger partial charge in [-0.25, -0.2) is 0 Å². The zero-order chi connectivity index (χ0) is 6.72. The van der Waals surface area contributed by atoms with Crippen molar-refractivity contribution in [2.24, 2.45) is 0 Å². The Morgan fingerprint density at radius 3 is 3.00 bits per heavy atom. The molecule has 10 heavy (non-hydrogen) atoms. The monoisotopic (exact) mass is 144 g/mol. The fraction of sp³-hybridized carbons (Fsp3) is 1.00. The Morgan fingerprint density at radius 2 is 2.10 bits per heavy atom. The lowest BCUT2D eigenvalue weighted by Crippen LogP contribution is -2.39. The van der Waals surface area contributed by atoms with Crippen molar-refractivity contribution in [1.82, 2.24) is 0 Å². The molecule has 0 aromatic heterocycles. The molecule has 0 radical (unpaired) electrons. The smallest absolute Gasteiger partial charge is 0.187 e. The fourth-order valence-corrected chi connectivity index (χ4v) is 1.63. The normalized spacial score (nSPS) is 63.9. The average molecular weight is 144 g/mol. The molecule has 5 atom stereocenters. The molecule has 0 aromatic rings. The highest BCUT2D eigenvalue weighted by Gasteiger charge is 2.61. The third-order valence-electron chi connectivity index (χ3n) is 2.28. The van der Waals surface area contributed by atoms with Gasteiger partial charge in [0.1, 0.15) is 24.4 Å². The molecule has 0 aromatic carbocycles. The van der Waals surface area contributed by atoms with Crippen molar-refractivity contribution in [2.75, 3.05) is 6.61 Å². The van der Waals surface area contributed by atoms with Gasteiger partial charge in [0.15, 0.2) is 6.29 Å². The summed E-state index contributed by atoms with van der Waals surface area (Å²) in [4.78, 5) is 0. The van der Waals surface area contributed by atoms with Gasteiger partial charge in [-0.15, -0.1) is 0 Å². The molecule has 3 rings (SSSR count). The summed E-state index contributed by atoms with van der Waals surface area (Å²) < 4.78 is 15.6. The van der Waals surface area contributed by atoms with Gasteiger partial charge in [-0.1, -0.05) is 0 Å². The first-order valence-corrected chi connectivity index (χ1v) is 3.47. The van der Waals surface area contributed by atoms with Crippen LogP contribution in [0.2, 0.25) is 0 Å². The standard InChI is InChI=1S/C6H8O4/c7-3-2-1-8-6(9-2)5-4(3)10-5/h2-7H,1H2/t2-,3-,4+,5+,6+/m1/s1. The highest BCUT2D eigenvalue weighted by atomic mass is 16.8. The van der Waals surface area contributed by atoms with Crippen molar-refractivity contribution in [1.29, 1.82) is 0 Å². The second-order valence-electron chi connectivity index (χ2n) is 2.93. The Balaban J connectivity index is 1.91. The molecule has 0 aliphatic carbocycles. The van der Waals surface area contributed by atoms with Crippen molar-refractivity contribution in [3.05, 3.63) is 0 Å². The molecule has 0 amide bonds. The van der Waals surface area contributed by atoms with Crippen LogP contribution in [0.4, 0.5) is 0 Å². The minimum Gasteiger partial charge on any atom is -0.387 e. The van der Waals surface area contributed by atoms with Crippen LogP contribution in [0, 0.1) is 0 Å². The Hall–Kier alpha value is -0.160. The molecule has 3 aliphatic heterocycles. The number of epoxide rings is 1. The molecule has 0 unspecified atom stereocenters. The van der Waals surface area contributed by atoms with Crippen LogP contribution in [-0.4, -0.2) is 42.4 Å². The van der Waals surface area contributed by atoms with Gasteiger partial charge in [0, 0.05) is 0 Å². The zero-order valence-electron chi connectivity index (χ0n) is 5.27. The minimum absolute atomic E-state index is 0.00810. The molecule has 3 aliphatic rings. The quantitative estimate of drug-likeness (QED) is 0.437. The van der Waals surface area contributed by atoms with Crippen molar-refractivity contribution < 1.29 is 19.3 Å². The van der Waals surface area contributed by atoms with Crippen LogP contribution in [0.5, 0.6) is 0 Å². The van der Waals surface area contributed by atoms with Crippen LogP contribution in [0.3, 0.4) is 0 Å². The predicted molar refractivity (Wildman–Crippen MR) is 29.3 cm³/mol. The highest BCUT2D eigenvalue weighted by Crippen LogP contribution is 2.41. The van der Waals surface area contributed by atoms with Gasteiger partial charge in [0.2, 0.25) is 0 Å². The summed E-state index contributed by atoms with van der Waals surface area (Å²) >= 11 is 0. The largest absolute Gasteiger partial charge is 0.387 e. The van der Waals surface area contributed by atoms with Gasteiger partial charge in [0.05, 0.1) is 6.61 Å². The number of hydrogen-bond acceptors (Lipinski definition) is 4. The Kier molecular flexibility index (Phi) is 0.840. The van der Waals surface area contributed by atoms with Gasteiger partial charge in [-0.3, -0.25) is 0 Å². The van der Waals surface area contributed by atoms with Gasteiger partial charge in [0.25, 0.3) is 0 Å². The average Bonchev–Trinajstić information content (AvgIpc) is 2.61. The first-order chi connectivity index (χ1) is 4.86. The maximum atomic E-state index is 9.38. The van der Waals surface area contributed by atoms with Crippen molar-refractivity contribution in [2.45, 2.75) is 30.7 Å². The molecular formula is C6H8O4. The molecule has 2 bridgehead atoms. The maximum absolute atomic E-state index is 9.38. The van der Waals surface area contributed by atoms with Crippen LogP contribution in [-0.2, 0) is 14.2 Å². The minimum atomic E-state index is -0.469. The molecule has 3 heterocycles. The van der Waals surface area contributed by atoms with Crippen LogP contribution >= 0.6 is 0 Å². The topological polar surface area (TPSA) is 51.2 Å². The van der Waals surface area contributed by atoms with Crippen LogP contribution in [0.15, 0.2) is 0 Å². The number of aliphatic hydroxyl groups excluding tert-OH is 1. The summed E-state index contributed by atoms with van der Waals surface area (Å²) in [5.41, 5.74) is 0. The molecule has 3 fully saturated rings. The van der Waals surface area contributed by atoms with E-state index in [1.165, 1.54) is 0 Å². The molecule has 3 saturated heterocycles. The molecule has 0 spiro atoms. The fourth-order valence-electron chi connectivity index (χ4n) is 1.63. The number of hydrogen-bond donors (Lipinski definition) is 1. The molecule has 56 valence electrons. The van der Waals surface area contributed by atoms with E-state index in [0.29, 0.717) is 6.61 Å². The number of ether oxygens (including phenoxy) is 3. The lowest BCUT2D eigenvalue weighted by atomic mass is 10.1. The van der Waals surface area contributed by atoms with Crippen molar-refractivity contribution >= 4 is 0 Å². The summed E-state index contributed by atoms with van der Waals surface area (Å²) in [7, 11) is 0. The van der Waals surface area contributed by atoms with E-state index < -0.39 is 6.10 Å². The highest BCUT2D eigenvalue weighted by molar-refractivity contribution is 5.03. The summed E-state index contributed by atoms with van der Waals surface area (Å²) in [5.74, 6) is 0. The summed E-state index contributed by atoms with van der Waals surface area (Å²) in [6.45, 7) is 0.516. The van der Waals surface area contributed by atoms with E-state index in [-0.39, 0.29) is 24.6 Å². The maximum Gasteiger partial charge on any atom is 0.187 e. The van der Waals surface area contributed by atoms with E-state index in [1.54, 1.807) is 0 Å². The van der Waals surface area contributed by atoms with Crippen LogP contribution < -0.4 is 0 Å². The first kappa shape index (κ1) is 5.49. The van der Waals surface area contributed by atoms with Crippen molar-refractivity contribution in [3.8, 4) is 0 Å². The zero-order valence-corrected chi connectivity index (χ0v) is 5.27. The van der Waals surface area contributed by atoms with Crippen molar-refractivity contribution in [3.63, 3.8) is 0 Å². The molecule has 0 saturated carbocycles. The van der Waals surface area contributed by atoms with Gasteiger partial charge >= 0.3 is 0 Å². The van der Waals surface area contributed by atoms with E-state index in [0.717, 1.165) is 0 Å². The van der Waals surface area contributed by atoms with E-state index in [1.807, 2.05) is 0 Å². The second kappa shape index (κ2) is 1.53. The van der Waals surface area contributed by atoms with E-state index in [9.17, 15) is 5.11 Å². The Morgan fingerprint density at radius 1 is 1.20 bits per heavy atom. The Labute approximate surface area is 57.7 Å². The molecule has 4 nitrogen and oxygen atoms in total. The number of rotatable bonds is 0. The van der Waals surface area contributed by atoms with Gasteiger partial charge in [-0.2, -0.15) is 0 Å². The summed E-state index contributed by atoms with van der Waals surface area (Å²) in [6, 6.07) is 0. The predicted octanol–water partition coefficient (Wildman–Crippen LogP) is -1.13. The Bertz CT molecular complexity index is 169. The lowest BCUT2D eigenvalue weighted by molar-refractivity contribution is -0.103. The molecule has 1 N–H and O–H groups in total. The molecular weight excluding hydrogens is 136 g/mol. The van der Waals surface area contributed by atoms with Gasteiger partial charge < -0.3 is 19.3 Å². The number of fused-ring (bicyclic) bond motifs is 4.